The van der Waals surface area contributed by atoms with Crippen LogP contribution in [-0.2, 0) is 23.2 Å². The molecule has 12 heteroatoms. The second-order valence-corrected chi connectivity index (χ2v) is 7.29. The van der Waals surface area contributed by atoms with Crippen LogP contribution in [-0.4, -0.2) is 24.2 Å². The van der Waals surface area contributed by atoms with Crippen LogP contribution in [0.5, 0.6) is 0 Å². The van der Waals surface area contributed by atoms with Gasteiger partial charge in [0.1, 0.15) is 0 Å². The maximum atomic E-state index is 12.5. The first-order valence-electron chi connectivity index (χ1n) is 6.28. The first-order valence-corrected chi connectivity index (χ1v) is 8.58. The Morgan fingerprint density at radius 2 is 1.88 bits per heavy atom. The van der Waals surface area contributed by atoms with Crippen molar-refractivity contribution in [3.05, 3.63) is 39.6 Å². The van der Waals surface area contributed by atoms with Crippen molar-refractivity contribution in [2.45, 2.75) is 18.0 Å². The van der Waals surface area contributed by atoms with E-state index >= 15 is 0 Å². The molecular formula is C12H11F3N4O3S2. The summed E-state index contributed by atoms with van der Waals surface area (Å²) >= 11 is 0.123. The van der Waals surface area contributed by atoms with Gasteiger partial charge in [-0.15, -0.1) is 0 Å². The summed E-state index contributed by atoms with van der Waals surface area (Å²) in [5.41, 5.74) is 0.821. The second kappa shape index (κ2) is 6.36. The fraction of sp³-hybridized carbons (Fsp3) is 0.250. The van der Waals surface area contributed by atoms with E-state index in [0.29, 0.717) is 0 Å². The van der Waals surface area contributed by atoms with Crippen molar-refractivity contribution in [3.8, 4) is 0 Å². The number of carbonyl (C=O) groups is 1. The number of benzene rings is 1. The lowest BCUT2D eigenvalue weighted by Gasteiger charge is -2.04. The minimum Gasteiger partial charge on any atom is -0.245 e. The van der Waals surface area contributed by atoms with Crippen molar-refractivity contribution in [2.75, 3.05) is 0 Å². The average molecular weight is 380 g/mol. The number of urea groups is 1. The van der Waals surface area contributed by atoms with E-state index in [2.05, 4.69) is 10.1 Å². The van der Waals surface area contributed by atoms with Crippen LogP contribution in [0.1, 0.15) is 10.6 Å². The Labute approximate surface area is 138 Å². The summed E-state index contributed by atoms with van der Waals surface area (Å²) in [6.07, 6.45) is -4.68. The standard InChI is InChI=1S/C12H11F3N4O3S2/c1-7-3-5-8(6-4-7)24(21,22)18-10(20)16-11-19(2)17-9(23-11)12(13,14)15/h3-6H,1-2H3,(H,18,20)/b16-11+. The molecule has 0 unspecified atom stereocenters. The zero-order valence-corrected chi connectivity index (χ0v) is 14.0. The molecule has 7 nitrogen and oxygen atoms in total. The van der Waals surface area contributed by atoms with Gasteiger partial charge in [0.2, 0.25) is 9.81 Å². The Kier molecular flexibility index (Phi) is 4.80. The molecule has 0 saturated heterocycles. The Morgan fingerprint density at radius 3 is 2.38 bits per heavy atom. The van der Waals surface area contributed by atoms with Crippen molar-refractivity contribution in [1.29, 1.82) is 0 Å². The van der Waals surface area contributed by atoms with E-state index in [-0.39, 0.29) is 21.0 Å². The third-order valence-electron chi connectivity index (χ3n) is 2.70. The number of nitrogens with zero attached hydrogens (tertiary/aromatic N) is 3. The number of aromatic nitrogens is 2. The normalized spacial score (nSPS) is 13.1. The number of hydrogen-bond donors (Lipinski definition) is 1. The van der Waals surface area contributed by atoms with Gasteiger partial charge in [0.05, 0.1) is 4.90 Å². The van der Waals surface area contributed by atoms with Crippen molar-refractivity contribution in [3.63, 3.8) is 0 Å². The largest absolute Gasteiger partial charge is 0.445 e. The summed E-state index contributed by atoms with van der Waals surface area (Å²) < 4.78 is 64.0. The molecule has 0 aliphatic heterocycles. The molecule has 0 fully saturated rings. The molecule has 1 N–H and O–H groups in total. The Balaban J connectivity index is 2.27. The monoisotopic (exact) mass is 380 g/mol. The fourth-order valence-electron chi connectivity index (χ4n) is 1.56. The minimum absolute atomic E-state index is 0.123. The summed E-state index contributed by atoms with van der Waals surface area (Å²) in [7, 11) is -3.01. The maximum Gasteiger partial charge on any atom is 0.445 e. The van der Waals surface area contributed by atoms with E-state index in [1.54, 1.807) is 11.6 Å². The summed E-state index contributed by atoms with van der Waals surface area (Å²) in [4.78, 5) is 14.5. The smallest absolute Gasteiger partial charge is 0.245 e. The van der Waals surface area contributed by atoms with Crippen LogP contribution in [0, 0.1) is 6.92 Å². The molecule has 0 aliphatic rings. The Morgan fingerprint density at radius 1 is 1.29 bits per heavy atom. The number of carbonyl (C=O) groups excluding carboxylic acids is 1. The van der Waals surface area contributed by atoms with Crippen LogP contribution in [0.25, 0.3) is 0 Å². The number of sulfonamides is 1. The molecule has 24 heavy (non-hydrogen) atoms. The highest BCUT2D eigenvalue weighted by molar-refractivity contribution is 7.90. The highest BCUT2D eigenvalue weighted by Gasteiger charge is 2.35. The number of aryl methyl sites for hydroxylation is 2. The minimum atomic E-state index is -4.68. The van der Waals surface area contributed by atoms with Crippen molar-refractivity contribution in [1.82, 2.24) is 14.5 Å². The van der Waals surface area contributed by atoms with Crippen LogP contribution in [0.4, 0.5) is 18.0 Å². The van der Waals surface area contributed by atoms with Crippen LogP contribution in [0.15, 0.2) is 34.2 Å². The van der Waals surface area contributed by atoms with Crippen LogP contribution in [0.2, 0.25) is 0 Å². The van der Waals surface area contributed by atoms with Gasteiger partial charge in [-0.25, -0.2) is 22.6 Å². The molecule has 130 valence electrons. The topological polar surface area (TPSA) is 93.4 Å². The third kappa shape index (κ3) is 4.20. The lowest BCUT2D eigenvalue weighted by atomic mass is 10.2. The first kappa shape index (κ1) is 18.1. The van der Waals surface area contributed by atoms with E-state index in [1.807, 2.05) is 0 Å². The van der Waals surface area contributed by atoms with E-state index in [0.717, 1.165) is 17.3 Å². The van der Waals surface area contributed by atoms with Crippen LogP contribution in [0.3, 0.4) is 0 Å². The zero-order valence-electron chi connectivity index (χ0n) is 12.3. The van der Waals surface area contributed by atoms with Gasteiger partial charge in [0.15, 0.2) is 0 Å². The van der Waals surface area contributed by atoms with Crippen molar-refractivity contribution < 1.29 is 26.4 Å². The number of halogens is 3. The lowest BCUT2D eigenvalue weighted by Crippen LogP contribution is -2.30. The molecule has 0 spiro atoms. The highest BCUT2D eigenvalue weighted by Crippen LogP contribution is 2.28. The summed E-state index contributed by atoms with van der Waals surface area (Å²) in [6, 6.07) is 4.34. The van der Waals surface area contributed by atoms with Gasteiger partial charge >= 0.3 is 12.2 Å². The number of amides is 2. The van der Waals surface area contributed by atoms with Gasteiger partial charge in [-0.1, -0.05) is 29.0 Å². The van der Waals surface area contributed by atoms with Crippen LogP contribution < -0.4 is 9.52 Å². The fourth-order valence-corrected chi connectivity index (χ4v) is 3.20. The SMILES string of the molecule is Cc1ccc(S(=O)(=O)NC(=O)/N=c2/sc(C(F)(F)F)nn2C)cc1. The van der Waals surface area contributed by atoms with E-state index in [4.69, 9.17) is 0 Å². The molecule has 1 aromatic heterocycles. The molecule has 0 bridgehead atoms. The van der Waals surface area contributed by atoms with Gasteiger partial charge in [-0.2, -0.15) is 23.3 Å². The lowest BCUT2D eigenvalue weighted by molar-refractivity contribution is -0.138. The third-order valence-corrected chi connectivity index (χ3v) is 5.08. The molecule has 1 aromatic carbocycles. The molecule has 1 heterocycles. The molecule has 2 amide bonds. The molecule has 0 radical (unpaired) electrons. The number of alkyl halides is 3. The van der Waals surface area contributed by atoms with Gasteiger partial charge < -0.3 is 0 Å². The Hall–Kier alpha value is -2.21. The quantitative estimate of drug-likeness (QED) is 0.860. The number of nitrogens with one attached hydrogen (secondary N) is 1. The van der Waals surface area contributed by atoms with Gasteiger partial charge in [0, 0.05) is 7.05 Å². The predicted molar refractivity (Wildman–Crippen MR) is 78.5 cm³/mol. The van der Waals surface area contributed by atoms with Crippen molar-refractivity contribution in [2.24, 2.45) is 12.0 Å². The maximum absolute atomic E-state index is 12.5. The molecule has 0 atom stereocenters. The van der Waals surface area contributed by atoms with E-state index < -0.39 is 27.2 Å². The van der Waals surface area contributed by atoms with Crippen LogP contribution >= 0.6 is 11.3 Å². The molecule has 2 rings (SSSR count). The number of rotatable bonds is 2. The number of hydrogen-bond acceptors (Lipinski definition) is 5. The summed E-state index contributed by atoms with van der Waals surface area (Å²) in [6.45, 7) is 1.76. The van der Waals surface area contributed by atoms with Gasteiger partial charge in [0.25, 0.3) is 10.0 Å². The molecule has 2 aromatic rings. The second-order valence-electron chi connectivity index (χ2n) is 4.65. The Bertz CT molecular complexity index is 928. The molecular weight excluding hydrogens is 369 g/mol. The molecule has 0 aliphatic carbocycles. The summed E-state index contributed by atoms with van der Waals surface area (Å²) in [5, 5.41) is 1.99. The van der Waals surface area contributed by atoms with E-state index in [1.165, 1.54) is 24.3 Å². The van der Waals surface area contributed by atoms with E-state index in [9.17, 15) is 26.4 Å². The van der Waals surface area contributed by atoms with Gasteiger partial charge in [-0.3, -0.25) is 0 Å². The average Bonchev–Trinajstić information content (AvgIpc) is 2.80. The van der Waals surface area contributed by atoms with Gasteiger partial charge in [-0.05, 0) is 19.1 Å². The molecule has 0 saturated carbocycles. The van der Waals surface area contributed by atoms with Crippen molar-refractivity contribution >= 4 is 27.4 Å². The highest BCUT2D eigenvalue weighted by atomic mass is 32.2. The zero-order chi connectivity index (χ0) is 18.1. The predicted octanol–water partition coefficient (Wildman–Crippen LogP) is 1.81. The summed E-state index contributed by atoms with van der Waals surface area (Å²) in [5.74, 6) is 0. The first-order chi connectivity index (χ1) is 11.0.